The van der Waals surface area contributed by atoms with E-state index in [-0.39, 0.29) is 0 Å². The van der Waals surface area contributed by atoms with E-state index in [0.29, 0.717) is 0 Å². The van der Waals surface area contributed by atoms with Gasteiger partial charge in [-0.05, 0) is 0 Å². The Morgan fingerprint density at radius 2 is 1.47 bits per heavy atom. The van der Waals surface area contributed by atoms with Crippen LogP contribution in [0.15, 0.2) is 12.2 Å². The van der Waals surface area contributed by atoms with Gasteiger partial charge in [0.25, 0.3) is 0 Å². The van der Waals surface area contributed by atoms with Crippen molar-refractivity contribution in [3.05, 3.63) is 12.2 Å². The first kappa shape index (κ1) is 15.5. The maximum absolute atomic E-state index is 10.9. The molecule has 0 aliphatic heterocycles. The molecule has 0 aromatic carbocycles. The van der Waals surface area contributed by atoms with Crippen LogP contribution in [-0.4, -0.2) is 64.6 Å². The lowest BCUT2D eigenvalue weighted by molar-refractivity contribution is -0.151. The minimum atomic E-state index is -1.78. The lowest BCUT2D eigenvalue weighted by atomic mass is 10.4. The molecule has 0 saturated heterocycles. The van der Waals surface area contributed by atoms with Crippen molar-refractivity contribution in [2.24, 2.45) is 0 Å². The number of ether oxygens (including phenoxy) is 2. The molecule has 8 heteroatoms. The van der Waals surface area contributed by atoms with Gasteiger partial charge in [-0.1, -0.05) is 0 Å². The number of aliphatic hydroxyl groups excluding tert-OH is 3. The SMILES string of the molecule is O=C(C=CC(=O)OCC(O)CO)OCC(O)O. The third-order valence-electron chi connectivity index (χ3n) is 1.36. The Kier molecular flexibility index (Phi) is 7.89. The Balaban J connectivity index is 3.82. The minimum absolute atomic E-state index is 0.399. The Morgan fingerprint density at radius 3 is 1.88 bits per heavy atom. The maximum Gasteiger partial charge on any atom is 0.331 e. The number of rotatable bonds is 7. The van der Waals surface area contributed by atoms with E-state index in [2.05, 4.69) is 9.47 Å². The molecule has 1 unspecified atom stereocenters. The monoisotopic (exact) mass is 250 g/mol. The highest BCUT2D eigenvalue weighted by atomic mass is 16.6. The van der Waals surface area contributed by atoms with Crippen LogP contribution in [0.2, 0.25) is 0 Å². The molecule has 0 saturated carbocycles. The first-order valence-corrected chi connectivity index (χ1v) is 4.62. The molecule has 0 spiro atoms. The van der Waals surface area contributed by atoms with Gasteiger partial charge >= 0.3 is 11.9 Å². The molecule has 0 aromatic rings. The molecule has 0 aliphatic carbocycles. The van der Waals surface area contributed by atoms with E-state index in [1.807, 2.05) is 0 Å². The largest absolute Gasteiger partial charge is 0.460 e. The molecular weight excluding hydrogens is 236 g/mol. The van der Waals surface area contributed by atoms with Crippen molar-refractivity contribution >= 4 is 11.9 Å². The fourth-order valence-electron chi connectivity index (χ4n) is 0.620. The van der Waals surface area contributed by atoms with Gasteiger partial charge in [0.2, 0.25) is 0 Å². The van der Waals surface area contributed by atoms with Crippen LogP contribution in [0.25, 0.3) is 0 Å². The third kappa shape index (κ3) is 9.45. The van der Waals surface area contributed by atoms with Crippen LogP contribution in [0.3, 0.4) is 0 Å². The summed E-state index contributed by atoms with van der Waals surface area (Å²) in [5.41, 5.74) is 0. The second-order valence-electron chi connectivity index (χ2n) is 2.91. The molecular formula is C9H14O8. The predicted octanol–water partition coefficient (Wildman–Crippen LogP) is -2.71. The molecule has 0 fully saturated rings. The average molecular weight is 250 g/mol. The quantitative estimate of drug-likeness (QED) is 0.218. The summed E-state index contributed by atoms with van der Waals surface area (Å²) >= 11 is 0. The van der Waals surface area contributed by atoms with Gasteiger partial charge in [0.05, 0.1) is 6.61 Å². The molecule has 0 aliphatic rings. The van der Waals surface area contributed by atoms with Crippen molar-refractivity contribution in [1.82, 2.24) is 0 Å². The van der Waals surface area contributed by atoms with Gasteiger partial charge in [0.1, 0.15) is 19.3 Å². The summed E-state index contributed by atoms with van der Waals surface area (Å²) in [6.45, 7) is -1.56. The summed E-state index contributed by atoms with van der Waals surface area (Å²) in [4.78, 5) is 21.7. The topological polar surface area (TPSA) is 134 Å². The highest BCUT2D eigenvalue weighted by Crippen LogP contribution is 1.89. The van der Waals surface area contributed by atoms with E-state index in [4.69, 9.17) is 20.4 Å². The van der Waals surface area contributed by atoms with Crippen molar-refractivity contribution in [3.8, 4) is 0 Å². The zero-order valence-corrected chi connectivity index (χ0v) is 8.85. The third-order valence-corrected chi connectivity index (χ3v) is 1.36. The molecule has 8 nitrogen and oxygen atoms in total. The Bertz CT molecular complexity index is 272. The summed E-state index contributed by atoms with van der Waals surface area (Å²) in [6, 6.07) is 0. The van der Waals surface area contributed by atoms with E-state index in [0.717, 1.165) is 12.2 Å². The fraction of sp³-hybridized carbons (Fsp3) is 0.556. The average Bonchev–Trinajstić information content (AvgIpc) is 2.30. The van der Waals surface area contributed by atoms with Gasteiger partial charge < -0.3 is 29.9 Å². The summed E-state index contributed by atoms with van der Waals surface area (Å²) in [7, 11) is 0. The summed E-state index contributed by atoms with van der Waals surface area (Å²) in [5.74, 6) is -1.85. The second-order valence-corrected chi connectivity index (χ2v) is 2.91. The van der Waals surface area contributed by atoms with Crippen LogP contribution in [-0.2, 0) is 19.1 Å². The molecule has 0 amide bonds. The number of hydrogen-bond donors (Lipinski definition) is 4. The van der Waals surface area contributed by atoms with Crippen molar-refractivity contribution in [3.63, 3.8) is 0 Å². The summed E-state index contributed by atoms with van der Waals surface area (Å²) in [5, 5.41) is 34.0. The Labute approximate surface area is 96.7 Å². The van der Waals surface area contributed by atoms with E-state index in [9.17, 15) is 9.59 Å². The number of carbonyl (C=O) groups is 2. The number of esters is 2. The van der Waals surface area contributed by atoms with E-state index in [1.54, 1.807) is 0 Å². The normalized spacial score (nSPS) is 12.8. The van der Waals surface area contributed by atoms with Crippen LogP contribution in [0.4, 0.5) is 0 Å². The molecule has 0 radical (unpaired) electrons. The molecule has 98 valence electrons. The molecule has 0 rings (SSSR count). The predicted molar refractivity (Wildman–Crippen MR) is 52.4 cm³/mol. The zero-order chi connectivity index (χ0) is 13.3. The fourth-order valence-corrected chi connectivity index (χ4v) is 0.620. The first-order valence-electron chi connectivity index (χ1n) is 4.62. The second kappa shape index (κ2) is 8.65. The summed E-state index contributed by atoms with van der Waals surface area (Å²) < 4.78 is 8.71. The van der Waals surface area contributed by atoms with Gasteiger partial charge in [-0.3, -0.25) is 0 Å². The molecule has 0 bridgehead atoms. The maximum atomic E-state index is 10.9. The van der Waals surface area contributed by atoms with Gasteiger partial charge in [-0.2, -0.15) is 0 Å². The Hall–Kier alpha value is -1.48. The number of aliphatic hydroxyl groups is 4. The van der Waals surface area contributed by atoms with E-state index >= 15 is 0 Å². The smallest absolute Gasteiger partial charge is 0.331 e. The molecule has 0 aromatic heterocycles. The van der Waals surface area contributed by atoms with Gasteiger partial charge in [0.15, 0.2) is 6.29 Å². The lowest BCUT2D eigenvalue weighted by Gasteiger charge is -2.06. The molecule has 4 N–H and O–H groups in total. The number of hydrogen-bond acceptors (Lipinski definition) is 8. The highest BCUT2D eigenvalue weighted by Gasteiger charge is 2.06. The van der Waals surface area contributed by atoms with Crippen molar-refractivity contribution < 1.29 is 39.5 Å². The molecule has 0 heterocycles. The van der Waals surface area contributed by atoms with Crippen LogP contribution in [0.5, 0.6) is 0 Å². The Morgan fingerprint density at radius 1 is 1.00 bits per heavy atom. The van der Waals surface area contributed by atoms with Crippen molar-refractivity contribution in [2.45, 2.75) is 12.4 Å². The zero-order valence-electron chi connectivity index (χ0n) is 8.85. The highest BCUT2D eigenvalue weighted by molar-refractivity contribution is 5.91. The van der Waals surface area contributed by atoms with Gasteiger partial charge in [-0.25, -0.2) is 9.59 Å². The van der Waals surface area contributed by atoms with E-state index in [1.165, 1.54) is 0 Å². The molecule has 17 heavy (non-hydrogen) atoms. The molecule has 1 atom stereocenters. The first-order chi connectivity index (χ1) is 7.95. The minimum Gasteiger partial charge on any atom is -0.460 e. The van der Waals surface area contributed by atoms with Crippen LogP contribution in [0.1, 0.15) is 0 Å². The van der Waals surface area contributed by atoms with Crippen molar-refractivity contribution in [2.75, 3.05) is 19.8 Å². The van der Waals surface area contributed by atoms with Crippen LogP contribution in [0, 0.1) is 0 Å². The van der Waals surface area contributed by atoms with Crippen molar-refractivity contribution in [1.29, 1.82) is 0 Å². The van der Waals surface area contributed by atoms with E-state index < -0.39 is 44.2 Å². The lowest BCUT2D eigenvalue weighted by Crippen LogP contribution is -2.21. The van der Waals surface area contributed by atoms with Crippen LogP contribution < -0.4 is 0 Å². The number of carbonyl (C=O) groups excluding carboxylic acids is 2. The van der Waals surface area contributed by atoms with Crippen LogP contribution >= 0.6 is 0 Å². The standard InChI is InChI=1S/C9H14O8/c10-3-6(11)4-16-8(14)1-2-9(15)17-5-7(12)13/h1-2,6-7,10-13H,3-5H2. The van der Waals surface area contributed by atoms with Gasteiger partial charge in [0, 0.05) is 12.2 Å². The van der Waals surface area contributed by atoms with Gasteiger partial charge in [-0.15, -0.1) is 0 Å². The summed E-state index contributed by atoms with van der Waals surface area (Å²) in [6.07, 6.45) is -1.48.